The lowest BCUT2D eigenvalue weighted by atomic mass is 10.1. The summed E-state index contributed by atoms with van der Waals surface area (Å²) in [6.07, 6.45) is 3.60. The van der Waals surface area contributed by atoms with Gasteiger partial charge in [0.25, 0.3) is 5.91 Å². The number of nitrogens with one attached hydrogen (secondary N) is 2. The molecule has 10 heteroatoms. The Morgan fingerprint density at radius 1 is 1.05 bits per heavy atom. The number of carboxylic acids is 1. The molecule has 0 radical (unpaired) electrons. The maximum atomic E-state index is 13.4. The van der Waals surface area contributed by atoms with Gasteiger partial charge in [0.05, 0.1) is 11.3 Å². The Hall–Kier alpha value is -4.18. The van der Waals surface area contributed by atoms with Crippen LogP contribution in [-0.4, -0.2) is 41.0 Å². The molecular weight excluding hydrogens is 519 g/mol. The summed E-state index contributed by atoms with van der Waals surface area (Å²) in [6.45, 7) is 2.64. The number of carboxylic acid groups (broad SMARTS) is 1. The van der Waals surface area contributed by atoms with Crippen LogP contribution < -0.4 is 15.6 Å². The second-order valence-corrected chi connectivity index (χ2v) is 10.1. The van der Waals surface area contributed by atoms with Crippen molar-refractivity contribution in [3.63, 3.8) is 0 Å². The number of amides is 3. The molecule has 0 fully saturated rings. The molecule has 0 unspecified atom stereocenters. The quantitative estimate of drug-likeness (QED) is 0.156. The van der Waals surface area contributed by atoms with Crippen molar-refractivity contribution < 1.29 is 23.9 Å². The first kappa shape index (κ1) is 27.8. The molecule has 0 saturated heterocycles. The molecule has 4 rings (SSSR count). The SMILES string of the molecule is CCCCCN1C(=O)/C(=N\NC(=O)Nc2cccc(F)c2)c2cc(SCCc3ccc(C(=O)O)cc3)ccc21. The molecule has 39 heavy (non-hydrogen) atoms. The second kappa shape index (κ2) is 13.1. The molecule has 0 atom stereocenters. The summed E-state index contributed by atoms with van der Waals surface area (Å²) in [7, 11) is 0. The van der Waals surface area contributed by atoms with E-state index in [1.165, 1.54) is 18.2 Å². The molecule has 0 aliphatic carbocycles. The van der Waals surface area contributed by atoms with Crippen molar-refractivity contribution in [2.24, 2.45) is 5.10 Å². The molecule has 0 saturated carbocycles. The van der Waals surface area contributed by atoms with Crippen molar-refractivity contribution >= 4 is 46.8 Å². The molecule has 3 N–H and O–H groups in total. The van der Waals surface area contributed by atoms with Crippen LogP contribution in [0.1, 0.15) is 47.7 Å². The molecule has 1 heterocycles. The van der Waals surface area contributed by atoms with Gasteiger partial charge in [-0.1, -0.05) is 38.0 Å². The van der Waals surface area contributed by atoms with Crippen LogP contribution in [-0.2, 0) is 11.2 Å². The van der Waals surface area contributed by atoms with Gasteiger partial charge >= 0.3 is 12.0 Å². The van der Waals surface area contributed by atoms with Gasteiger partial charge in [-0.2, -0.15) is 5.10 Å². The number of nitrogens with zero attached hydrogens (tertiary/aromatic N) is 2. The maximum Gasteiger partial charge on any atom is 0.339 e. The zero-order valence-corrected chi connectivity index (χ0v) is 22.3. The Morgan fingerprint density at radius 3 is 2.56 bits per heavy atom. The van der Waals surface area contributed by atoms with Crippen molar-refractivity contribution in [1.82, 2.24) is 5.43 Å². The van der Waals surface area contributed by atoms with Crippen molar-refractivity contribution in [1.29, 1.82) is 0 Å². The summed E-state index contributed by atoms with van der Waals surface area (Å²) >= 11 is 1.61. The van der Waals surface area contributed by atoms with E-state index in [-0.39, 0.29) is 22.9 Å². The molecule has 202 valence electrons. The normalized spacial score (nSPS) is 13.4. The van der Waals surface area contributed by atoms with Gasteiger partial charge in [0.2, 0.25) is 0 Å². The Morgan fingerprint density at radius 2 is 1.85 bits per heavy atom. The predicted octanol–water partition coefficient (Wildman–Crippen LogP) is 5.92. The molecule has 3 aromatic rings. The Labute approximate surface area is 230 Å². The summed E-state index contributed by atoms with van der Waals surface area (Å²) in [5.41, 5.74) is 5.44. The fourth-order valence-corrected chi connectivity index (χ4v) is 5.10. The van der Waals surface area contributed by atoms with E-state index in [2.05, 4.69) is 22.8 Å². The molecule has 1 aliphatic rings. The number of hydrazone groups is 1. The summed E-state index contributed by atoms with van der Waals surface area (Å²) in [5.74, 6) is -0.970. The van der Waals surface area contributed by atoms with Crippen molar-refractivity contribution in [2.75, 3.05) is 22.5 Å². The molecule has 3 aromatic carbocycles. The maximum absolute atomic E-state index is 13.4. The smallest absolute Gasteiger partial charge is 0.339 e. The number of carbonyl (C=O) groups is 3. The van der Waals surface area contributed by atoms with E-state index in [0.717, 1.165) is 47.6 Å². The zero-order valence-electron chi connectivity index (χ0n) is 21.4. The predicted molar refractivity (Wildman–Crippen MR) is 151 cm³/mol. The molecule has 0 spiro atoms. The number of anilines is 2. The van der Waals surface area contributed by atoms with E-state index >= 15 is 0 Å². The summed E-state index contributed by atoms with van der Waals surface area (Å²) < 4.78 is 13.4. The van der Waals surface area contributed by atoms with Gasteiger partial charge in [-0.15, -0.1) is 11.8 Å². The highest BCUT2D eigenvalue weighted by molar-refractivity contribution is 7.99. The molecular formula is C29H29FN4O4S. The fraction of sp³-hybridized carbons (Fsp3) is 0.241. The van der Waals surface area contributed by atoms with Gasteiger partial charge in [0, 0.05) is 28.4 Å². The minimum Gasteiger partial charge on any atom is -0.478 e. The van der Waals surface area contributed by atoms with E-state index in [4.69, 9.17) is 5.11 Å². The second-order valence-electron chi connectivity index (χ2n) is 8.98. The van der Waals surface area contributed by atoms with Crippen LogP contribution in [0.2, 0.25) is 0 Å². The molecule has 8 nitrogen and oxygen atoms in total. The number of fused-ring (bicyclic) bond motifs is 1. The number of unbranched alkanes of at least 4 members (excludes halogenated alkanes) is 2. The first-order valence-electron chi connectivity index (χ1n) is 12.7. The lowest BCUT2D eigenvalue weighted by Crippen LogP contribution is -2.33. The molecule has 0 aromatic heterocycles. The zero-order chi connectivity index (χ0) is 27.8. The van der Waals surface area contributed by atoms with E-state index in [1.54, 1.807) is 34.9 Å². The van der Waals surface area contributed by atoms with E-state index in [1.807, 2.05) is 30.3 Å². The number of hydrogen-bond acceptors (Lipinski definition) is 5. The number of carbonyl (C=O) groups excluding carboxylic acids is 2. The van der Waals surface area contributed by atoms with Crippen LogP contribution >= 0.6 is 11.8 Å². The number of thioether (sulfide) groups is 1. The lowest BCUT2D eigenvalue weighted by Gasteiger charge is -2.16. The number of aromatic carboxylic acids is 1. The van der Waals surface area contributed by atoms with Crippen molar-refractivity contribution in [2.45, 2.75) is 37.5 Å². The van der Waals surface area contributed by atoms with E-state index < -0.39 is 17.8 Å². The number of benzene rings is 3. The summed E-state index contributed by atoms with van der Waals surface area (Å²) in [6, 6.07) is 17.4. The Balaban J connectivity index is 1.47. The number of halogens is 1. The molecule has 0 bridgehead atoms. The van der Waals surface area contributed by atoms with E-state index in [9.17, 15) is 18.8 Å². The third kappa shape index (κ3) is 7.23. The van der Waals surface area contributed by atoms with Gasteiger partial charge < -0.3 is 15.3 Å². The van der Waals surface area contributed by atoms with Gasteiger partial charge in [-0.05, 0) is 66.9 Å². The van der Waals surface area contributed by atoms with Crippen LogP contribution in [0.5, 0.6) is 0 Å². The largest absolute Gasteiger partial charge is 0.478 e. The van der Waals surface area contributed by atoms with Crippen LogP contribution in [0, 0.1) is 5.82 Å². The molecule has 3 amide bonds. The average Bonchev–Trinajstić information content (AvgIpc) is 3.17. The van der Waals surface area contributed by atoms with Gasteiger partial charge in [-0.25, -0.2) is 19.4 Å². The van der Waals surface area contributed by atoms with Gasteiger partial charge in [0.1, 0.15) is 5.82 Å². The van der Waals surface area contributed by atoms with Gasteiger partial charge in [-0.3, -0.25) is 4.79 Å². The third-order valence-electron chi connectivity index (χ3n) is 6.16. The highest BCUT2D eigenvalue weighted by atomic mass is 32.2. The average molecular weight is 549 g/mol. The Bertz CT molecular complexity index is 1390. The monoisotopic (exact) mass is 548 g/mol. The number of hydrogen-bond donors (Lipinski definition) is 3. The summed E-state index contributed by atoms with van der Waals surface area (Å²) in [4.78, 5) is 39.3. The summed E-state index contributed by atoms with van der Waals surface area (Å²) in [5, 5.41) is 15.7. The highest BCUT2D eigenvalue weighted by Gasteiger charge is 2.34. The Kier molecular flexibility index (Phi) is 9.32. The third-order valence-corrected chi connectivity index (χ3v) is 7.15. The number of urea groups is 1. The molecule has 1 aliphatic heterocycles. The number of aryl methyl sites for hydroxylation is 1. The minimum atomic E-state index is -0.953. The van der Waals surface area contributed by atoms with Crippen LogP contribution in [0.3, 0.4) is 0 Å². The number of rotatable bonds is 11. The highest BCUT2D eigenvalue weighted by Crippen LogP contribution is 2.33. The standard InChI is InChI=1S/C29H29FN4O4S/c1-2-3-4-15-34-25-13-12-23(39-16-14-19-8-10-20(11-9-19)28(36)37)18-24(25)26(27(34)35)32-33-29(38)31-22-7-5-6-21(30)17-22/h5-13,17-18H,2-4,14-16H2,1H3,(H,36,37)(H2,31,33,38)/b32-26-. The first-order valence-corrected chi connectivity index (χ1v) is 13.7. The van der Waals surface area contributed by atoms with Crippen LogP contribution in [0.25, 0.3) is 0 Å². The van der Waals surface area contributed by atoms with Crippen LogP contribution in [0.4, 0.5) is 20.6 Å². The van der Waals surface area contributed by atoms with Gasteiger partial charge in [0.15, 0.2) is 5.71 Å². The van der Waals surface area contributed by atoms with E-state index in [0.29, 0.717) is 12.1 Å². The topological polar surface area (TPSA) is 111 Å². The minimum absolute atomic E-state index is 0.141. The van der Waals surface area contributed by atoms with Crippen molar-refractivity contribution in [3.05, 3.63) is 89.2 Å². The fourth-order valence-electron chi connectivity index (χ4n) is 4.17. The first-order chi connectivity index (χ1) is 18.9. The van der Waals surface area contributed by atoms with Crippen LogP contribution in [0.15, 0.2) is 76.7 Å². The lowest BCUT2D eigenvalue weighted by molar-refractivity contribution is -0.112. The van der Waals surface area contributed by atoms with Crippen molar-refractivity contribution in [3.8, 4) is 0 Å².